The normalized spacial score (nSPS) is 31.9. The summed E-state index contributed by atoms with van der Waals surface area (Å²) in [5, 5.41) is 0. The van der Waals surface area contributed by atoms with Gasteiger partial charge in [0.15, 0.2) is 0 Å². The summed E-state index contributed by atoms with van der Waals surface area (Å²) in [5.74, 6) is 3.64. The molecule has 0 aromatic heterocycles. The fourth-order valence-electron chi connectivity index (χ4n) is 4.45. The number of hydrogen-bond donors (Lipinski definition) is 0. The SMILES string of the molecule is C=CCOC[C@H]1CC[C@H](CC[C@H]2CC[C@H](COCC)CC2)CC1. The van der Waals surface area contributed by atoms with Gasteiger partial charge in [0, 0.05) is 19.8 Å². The smallest absolute Gasteiger partial charge is 0.0644 e. The molecule has 2 nitrogen and oxygen atoms in total. The summed E-state index contributed by atoms with van der Waals surface area (Å²) in [6, 6.07) is 0. The van der Waals surface area contributed by atoms with Gasteiger partial charge in [0.05, 0.1) is 6.61 Å². The highest BCUT2D eigenvalue weighted by Gasteiger charge is 2.24. The Hall–Kier alpha value is -0.340. The van der Waals surface area contributed by atoms with Crippen molar-refractivity contribution in [3.05, 3.63) is 12.7 Å². The van der Waals surface area contributed by atoms with Crippen molar-refractivity contribution in [1.82, 2.24) is 0 Å². The molecule has 23 heavy (non-hydrogen) atoms. The molecule has 2 fully saturated rings. The fourth-order valence-corrected chi connectivity index (χ4v) is 4.45. The van der Waals surface area contributed by atoms with Crippen molar-refractivity contribution in [3.8, 4) is 0 Å². The zero-order chi connectivity index (χ0) is 16.3. The Kier molecular flexibility index (Phi) is 9.29. The van der Waals surface area contributed by atoms with Crippen molar-refractivity contribution in [2.75, 3.05) is 26.4 Å². The van der Waals surface area contributed by atoms with Crippen LogP contribution < -0.4 is 0 Å². The van der Waals surface area contributed by atoms with E-state index in [4.69, 9.17) is 9.47 Å². The van der Waals surface area contributed by atoms with Gasteiger partial charge in [-0.05, 0) is 56.3 Å². The largest absolute Gasteiger partial charge is 0.381 e. The minimum atomic E-state index is 0.714. The van der Waals surface area contributed by atoms with Crippen molar-refractivity contribution in [3.63, 3.8) is 0 Å². The van der Waals surface area contributed by atoms with Crippen LogP contribution in [0, 0.1) is 23.7 Å². The van der Waals surface area contributed by atoms with E-state index in [1.807, 2.05) is 6.08 Å². The molecule has 0 aliphatic heterocycles. The molecule has 0 atom stereocenters. The molecule has 0 spiro atoms. The molecule has 2 heteroatoms. The standard InChI is InChI=1S/C21H38O2/c1-3-15-23-17-21-13-9-19(10-14-21)6-5-18-7-11-20(12-8-18)16-22-4-2/h3,18-21H,1,4-17H2,2H3/t18-,19-,20-,21-. The minimum Gasteiger partial charge on any atom is -0.381 e. The number of hydrogen-bond acceptors (Lipinski definition) is 2. The third-order valence-corrected chi connectivity index (χ3v) is 6.06. The van der Waals surface area contributed by atoms with Gasteiger partial charge in [0.1, 0.15) is 0 Å². The fraction of sp³-hybridized carbons (Fsp3) is 0.905. The first-order valence-electron chi connectivity index (χ1n) is 10.1. The lowest BCUT2D eigenvalue weighted by molar-refractivity contribution is 0.0818. The van der Waals surface area contributed by atoms with Gasteiger partial charge in [-0.1, -0.05) is 44.6 Å². The molecule has 2 aliphatic rings. The molecule has 2 rings (SSSR count). The van der Waals surface area contributed by atoms with E-state index in [9.17, 15) is 0 Å². The molecule has 0 saturated heterocycles. The van der Waals surface area contributed by atoms with Crippen LogP contribution in [0.4, 0.5) is 0 Å². The summed E-state index contributed by atoms with van der Waals surface area (Å²) in [5.41, 5.74) is 0. The second-order valence-corrected chi connectivity index (χ2v) is 7.84. The van der Waals surface area contributed by atoms with Crippen molar-refractivity contribution < 1.29 is 9.47 Å². The molecule has 2 aliphatic carbocycles. The van der Waals surface area contributed by atoms with E-state index in [0.717, 1.165) is 43.5 Å². The molecule has 0 unspecified atom stereocenters. The molecule has 0 bridgehead atoms. The molecule has 0 heterocycles. The first-order chi connectivity index (χ1) is 11.3. The van der Waals surface area contributed by atoms with Crippen LogP contribution in [-0.4, -0.2) is 26.4 Å². The maximum Gasteiger partial charge on any atom is 0.0644 e. The van der Waals surface area contributed by atoms with Gasteiger partial charge in [0.25, 0.3) is 0 Å². The van der Waals surface area contributed by atoms with E-state index in [1.165, 1.54) is 64.2 Å². The van der Waals surface area contributed by atoms with Crippen LogP contribution in [0.5, 0.6) is 0 Å². The molecule has 0 aromatic carbocycles. The summed E-state index contributed by atoms with van der Waals surface area (Å²) < 4.78 is 11.2. The van der Waals surface area contributed by atoms with Crippen molar-refractivity contribution in [1.29, 1.82) is 0 Å². The maximum atomic E-state index is 5.62. The monoisotopic (exact) mass is 322 g/mol. The van der Waals surface area contributed by atoms with Gasteiger partial charge >= 0.3 is 0 Å². The first kappa shape index (κ1) is 19.0. The summed E-state index contributed by atoms with van der Waals surface area (Å²) in [7, 11) is 0. The highest BCUT2D eigenvalue weighted by atomic mass is 16.5. The number of rotatable bonds is 10. The van der Waals surface area contributed by atoms with E-state index in [-0.39, 0.29) is 0 Å². The summed E-state index contributed by atoms with van der Waals surface area (Å²) in [6.45, 7) is 9.35. The molecular formula is C21H38O2. The third kappa shape index (κ3) is 7.39. The van der Waals surface area contributed by atoms with Crippen molar-refractivity contribution in [2.24, 2.45) is 23.7 Å². The van der Waals surface area contributed by atoms with Gasteiger partial charge in [0.2, 0.25) is 0 Å². The average Bonchev–Trinajstić information content (AvgIpc) is 2.60. The Morgan fingerprint density at radius 2 is 1.17 bits per heavy atom. The van der Waals surface area contributed by atoms with Gasteiger partial charge in [-0.15, -0.1) is 6.58 Å². The predicted molar refractivity (Wildman–Crippen MR) is 97.6 cm³/mol. The van der Waals surface area contributed by atoms with Gasteiger partial charge in [-0.25, -0.2) is 0 Å². The van der Waals surface area contributed by atoms with Gasteiger partial charge in [-0.3, -0.25) is 0 Å². The molecule has 134 valence electrons. The maximum absolute atomic E-state index is 5.62. The average molecular weight is 323 g/mol. The van der Waals surface area contributed by atoms with E-state index in [1.54, 1.807) is 0 Å². The predicted octanol–water partition coefficient (Wildman–Crippen LogP) is 5.62. The second-order valence-electron chi connectivity index (χ2n) is 7.84. The van der Waals surface area contributed by atoms with E-state index < -0.39 is 0 Å². The molecule has 0 N–H and O–H groups in total. The lowest BCUT2D eigenvalue weighted by Gasteiger charge is -2.31. The molecular weight excluding hydrogens is 284 g/mol. The Morgan fingerprint density at radius 3 is 1.61 bits per heavy atom. The molecule has 2 saturated carbocycles. The Labute approximate surface area is 144 Å². The summed E-state index contributed by atoms with van der Waals surface area (Å²) in [6.07, 6.45) is 16.1. The Bertz CT molecular complexity index is 299. The zero-order valence-electron chi connectivity index (χ0n) is 15.3. The van der Waals surface area contributed by atoms with E-state index in [0.29, 0.717) is 6.61 Å². The van der Waals surface area contributed by atoms with Crippen molar-refractivity contribution >= 4 is 0 Å². The minimum absolute atomic E-state index is 0.714. The van der Waals surface area contributed by atoms with Gasteiger partial charge in [-0.2, -0.15) is 0 Å². The lowest BCUT2D eigenvalue weighted by atomic mass is 9.76. The van der Waals surface area contributed by atoms with Gasteiger partial charge < -0.3 is 9.47 Å². The van der Waals surface area contributed by atoms with E-state index >= 15 is 0 Å². The first-order valence-corrected chi connectivity index (χ1v) is 10.1. The zero-order valence-corrected chi connectivity index (χ0v) is 15.3. The van der Waals surface area contributed by atoms with Crippen LogP contribution in [-0.2, 0) is 9.47 Å². The topological polar surface area (TPSA) is 18.5 Å². The van der Waals surface area contributed by atoms with Crippen LogP contribution in [0.2, 0.25) is 0 Å². The lowest BCUT2D eigenvalue weighted by Crippen LogP contribution is -2.21. The summed E-state index contributed by atoms with van der Waals surface area (Å²) >= 11 is 0. The molecule has 0 radical (unpaired) electrons. The summed E-state index contributed by atoms with van der Waals surface area (Å²) in [4.78, 5) is 0. The highest BCUT2D eigenvalue weighted by molar-refractivity contribution is 4.77. The van der Waals surface area contributed by atoms with E-state index in [2.05, 4.69) is 13.5 Å². The van der Waals surface area contributed by atoms with Crippen molar-refractivity contribution in [2.45, 2.75) is 71.1 Å². The van der Waals surface area contributed by atoms with Crippen LogP contribution in [0.25, 0.3) is 0 Å². The Morgan fingerprint density at radius 1 is 0.739 bits per heavy atom. The van der Waals surface area contributed by atoms with Crippen LogP contribution in [0.3, 0.4) is 0 Å². The van der Waals surface area contributed by atoms with Crippen LogP contribution in [0.1, 0.15) is 71.1 Å². The quantitative estimate of drug-likeness (QED) is 0.384. The highest BCUT2D eigenvalue weighted by Crippen LogP contribution is 2.36. The van der Waals surface area contributed by atoms with Crippen LogP contribution >= 0.6 is 0 Å². The Balaban J connectivity index is 1.51. The molecule has 0 aromatic rings. The second kappa shape index (κ2) is 11.3. The molecule has 0 amide bonds. The number of ether oxygens (including phenoxy) is 2. The third-order valence-electron chi connectivity index (χ3n) is 6.06. The van der Waals surface area contributed by atoms with Crippen LogP contribution in [0.15, 0.2) is 12.7 Å².